The molecule has 0 saturated carbocycles. The fourth-order valence-corrected chi connectivity index (χ4v) is 2.10. The van der Waals surface area contributed by atoms with E-state index in [-0.39, 0.29) is 23.9 Å². The second-order valence-electron chi connectivity index (χ2n) is 4.94. The summed E-state index contributed by atoms with van der Waals surface area (Å²) >= 11 is 0. The molecule has 1 aliphatic rings. The number of aromatic nitrogens is 2. The van der Waals surface area contributed by atoms with Gasteiger partial charge in [0, 0.05) is 13.2 Å². The average molecular weight is 281 g/mol. The van der Waals surface area contributed by atoms with Gasteiger partial charge in [-0.3, -0.25) is 9.48 Å². The Morgan fingerprint density at radius 2 is 2.35 bits per heavy atom. The number of amides is 1. The third kappa shape index (κ3) is 3.16. The predicted octanol–water partition coefficient (Wildman–Crippen LogP) is 0.960. The summed E-state index contributed by atoms with van der Waals surface area (Å²) in [6.07, 6.45) is 1.71. The van der Waals surface area contributed by atoms with E-state index in [9.17, 15) is 9.59 Å². The van der Waals surface area contributed by atoms with Gasteiger partial charge < -0.3 is 14.8 Å². The van der Waals surface area contributed by atoms with Crippen molar-refractivity contribution in [1.82, 2.24) is 9.78 Å². The van der Waals surface area contributed by atoms with Crippen LogP contribution in [0.2, 0.25) is 0 Å². The van der Waals surface area contributed by atoms with Gasteiger partial charge in [0.15, 0.2) is 5.82 Å². The number of hydrogen-bond acceptors (Lipinski definition) is 5. The molecule has 0 spiro atoms. The summed E-state index contributed by atoms with van der Waals surface area (Å²) in [4.78, 5) is 23.8. The van der Waals surface area contributed by atoms with Crippen LogP contribution in [0, 0.1) is 5.92 Å². The molecule has 2 atom stereocenters. The largest absolute Gasteiger partial charge is 0.462 e. The van der Waals surface area contributed by atoms with Crippen molar-refractivity contribution < 1.29 is 19.1 Å². The van der Waals surface area contributed by atoms with Gasteiger partial charge in [-0.25, -0.2) is 4.79 Å². The molecule has 1 amide bonds. The molecule has 110 valence electrons. The van der Waals surface area contributed by atoms with Gasteiger partial charge in [0.2, 0.25) is 0 Å². The first-order chi connectivity index (χ1) is 9.51. The molecular weight excluding hydrogens is 262 g/mol. The maximum absolute atomic E-state index is 12.1. The molecule has 1 aliphatic heterocycles. The van der Waals surface area contributed by atoms with Crippen molar-refractivity contribution >= 4 is 17.7 Å². The number of rotatable bonds is 4. The average Bonchev–Trinajstić information content (AvgIpc) is 2.96. The number of nitrogens with one attached hydrogen (secondary N) is 1. The molecule has 0 aromatic carbocycles. The van der Waals surface area contributed by atoms with E-state index in [2.05, 4.69) is 10.4 Å². The van der Waals surface area contributed by atoms with Crippen molar-refractivity contribution in [3.8, 4) is 0 Å². The molecule has 1 fully saturated rings. The molecular formula is C13H19N3O4. The third-order valence-electron chi connectivity index (χ3n) is 3.06. The zero-order valence-corrected chi connectivity index (χ0v) is 11.9. The normalized spacial score (nSPS) is 21.8. The van der Waals surface area contributed by atoms with Gasteiger partial charge in [0.25, 0.3) is 5.91 Å². The smallest absolute Gasteiger partial charge is 0.343 e. The fraction of sp³-hybridized carbons (Fsp3) is 0.615. The quantitative estimate of drug-likeness (QED) is 0.831. The number of carbonyl (C=O) groups excluding carboxylic acids is 2. The van der Waals surface area contributed by atoms with Crippen LogP contribution in [0.5, 0.6) is 0 Å². The minimum absolute atomic E-state index is 0.208. The molecule has 7 heteroatoms. The number of carbonyl (C=O) groups is 2. The monoisotopic (exact) mass is 281 g/mol. The summed E-state index contributed by atoms with van der Waals surface area (Å²) in [6, 6.07) is 0. The van der Waals surface area contributed by atoms with Crippen LogP contribution < -0.4 is 5.32 Å². The summed E-state index contributed by atoms with van der Waals surface area (Å²) in [5, 5.41) is 6.71. The van der Waals surface area contributed by atoms with Crippen LogP contribution >= 0.6 is 0 Å². The Bertz CT molecular complexity index is 512. The molecule has 0 bridgehead atoms. The highest BCUT2D eigenvalue weighted by molar-refractivity contribution is 6.01. The lowest BCUT2D eigenvalue weighted by Gasteiger charge is -2.09. The van der Waals surface area contributed by atoms with E-state index < -0.39 is 12.1 Å². The van der Waals surface area contributed by atoms with E-state index >= 15 is 0 Å². The van der Waals surface area contributed by atoms with Crippen molar-refractivity contribution in [3.63, 3.8) is 0 Å². The molecule has 2 rings (SSSR count). The van der Waals surface area contributed by atoms with E-state index in [4.69, 9.17) is 9.47 Å². The lowest BCUT2D eigenvalue weighted by molar-refractivity contribution is -0.124. The Morgan fingerprint density at radius 1 is 1.60 bits per heavy atom. The van der Waals surface area contributed by atoms with Crippen LogP contribution in [0.25, 0.3) is 0 Å². The van der Waals surface area contributed by atoms with Crippen molar-refractivity contribution in [2.75, 3.05) is 18.5 Å². The molecule has 0 aliphatic carbocycles. The van der Waals surface area contributed by atoms with E-state index in [1.54, 1.807) is 14.0 Å². The Labute approximate surface area is 117 Å². The maximum atomic E-state index is 12.1. The zero-order chi connectivity index (χ0) is 14.7. The number of anilines is 1. The second-order valence-corrected chi connectivity index (χ2v) is 4.94. The molecule has 0 radical (unpaired) electrons. The summed E-state index contributed by atoms with van der Waals surface area (Å²) in [5.74, 6) is -0.215. The summed E-state index contributed by atoms with van der Waals surface area (Å²) in [5.41, 5.74) is 0.244. The molecule has 1 aromatic rings. The first-order valence-corrected chi connectivity index (χ1v) is 6.64. The third-order valence-corrected chi connectivity index (χ3v) is 3.06. The van der Waals surface area contributed by atoms with E-state index in [1.807, 2.05) is 6.92 Å². The summed E-state index contributed by atoms with van der Waals surface area (Å²) in [7, 11) is 1.67. The Balaban J connectivity index is 2.09. The number of ether oxygens (including phenoxy) is 2. The maximum Gasteiger partial charge on any atom is 0.343 e. The van der Waals surface area contributed by atoms with Crippen molar-refractivity contribution in [2.24, 2.45) is 13.0 Å². The van der Waals surface area contributed by atoms with Crippen LogP contribution in [-0.4, -0.2) is 41.0 Å². The van der Waals surface area contributed by atoms with Gasteiger partial charge in [-0.15, -0.1) is 0 Å². The zero-order valence-electron chi connectivity index (χ0n) is 11.9. The highest BCUT2D eigenvalue weighted by Gasteiger charge is 2.30. The first kappa shape index (κ1) is 14.5. The van der Waals surface area contributed by atoms with E-state index in [0.29, 0.717) is 18.9 Å². The Hall–Kier alpha value is -1.89. The summed E-state index contributed by atoms with van der Waals surface area (Å²) < 4.78 is 11.8. The van der Waals surface area contributed by atoms with Crippen LogP contribution in [0.3, 0.4) is 0 Å². The van der Waals surface area contributed by atoms with Crippen LogP contribution in [0.15, 0.2) is 6.20 Å². The topological polar surface area (TPSA) is 82.5 Å². The molecule has 1 aromatic heterocycles. The minimum Gasteiger partial charge on any atom is -0.462 e. The van der Waals surface area contributed by atoms with Gasteiger partial charge in [0.05, 0.1) is 13.2 Å². The van der Waals surface area contributed by atoms with Crippen LogP contribution in [0.1, 0.15) is 30.6 Å². The van der Waals surface area contributed by atoms with Gasteiger partial charge in [-0.1, -0.05) is 6.92 Å². The van der Waals surface area contributed by atoms with E-state index in [0.717, 1.165) is 0 Å². The molecule has 7 nitrogen and oxygen atoms in total. The molecule has 1 N–H and O–H groups in total. The van der Waals surface area contributed by atoms with Gasteiger partial charge in [-0.05, 0) is 19.3 Å². The second kappa shape index (κ2) is 6.04. The van der Waals surface area contributed by atoms with E-state index in [1.165, 1.54) is 10.9 Å². The van der Waals surface area contributed by atoms with Crippen molar-refractivity contribution in [1.29, 1.82) is 0 Å². The van der Waals surface area contributed by atoms with Crippen LogP contribution in [0.4, 0.5) is 5.82 Å². The Morgan fingerprint density at radius 3 is 2.95 bits per heavy atom. The number of nitrogens with zero attached hydrogens (tertiary/aromatic N) is 2. The van der Waals surface area contributed by atoms with Crippen LogP contribution in [-0.2, 0) is 21.3 Å². The lowest BCUT2D eigenvalue weighted by Crippen LogP contribution is -2.28. The van der Waals surface area contributed by atoms with Gasteiger partial charge in [-0.2, -0.15) is 5.10 Å². The first-order valence-electron chi connectivity index (χ1n) is 6.64. The minimum atomic E-state index is -0.503. The fourth-order valence-electron chi connectivity index (χ4n) is 2.10. The summed E-state index contributed by atoms with van der Waals surface area (Å²) in [6.45, 7) is 4.59. The Kier molecular flexibility index (Phi) is 4.39. The molecule has 2 heterocycles. The van der Waals surface area contributed by atoms with Crippen molar-refractivity contribution in [2.45, 2.75) is 26.4 Å². The number of aryl methyl sites for hydroxylation is 1. The van der Waals surface area contributed by atoms with Gasteiger partial charge in [0.1, 0.15) is 11.7 Å². The molecule has 20 heavy (non-hydrogen) atoms. The standard InChI is InChI=1S/C13H19N3O4/c1-4-19-13(18)9-6-16(3)15-11(9)14-12(17)10-5-8(2)7-20-10/h6,8,10H,4-5,7H2,1-3H3,(H,14,15,17). The predicted molar refractivity (Wildman–Crippen MR) is 71.3 cm³/mol. The highest BCUT2D eigenvalue weighted by Crippen LogP contribution is 2.21. The molecule has 1 saturated heterocycles. The highest BCUT2D eigenvalue weighted by atomic mass is 16.5. The lowest BCUT2D eigenvalue weighted by atomic mass is 10.1. The molecule has 2 unspecified atom stereocenters. The SMILES string of the molecule is CCOC(=O)c1cn(C)nc1NC(=O)C1CC(C)CO1. The van der Waals surface area contributed by atoms with Gasteiger partial charge >= 0.3 is 5.97 Å². The van der Waals surface area contributed by atoms with Crippen molar-refractivity contribution in [3.05, 3.63) is 11.8 Å². The number of hydrogen-bond donors (Lipinski definition) is 1. The number of esters is 1.